The van der Waals surface area contributed by atoms with Gasteiger partial charge in [-0.05, 0) is 32.4 Å². The molecule has 0 aromatic heterocycles. The number of alkyl carbamates (subject to hydrolysis) is 1. The average Bonchev–Trinajstić information content (AvgIpc) is 2.59. The molecule has 0 aliphatic carbocycles. The third kappa shape index (κ3) is 5.34. The first-order valence-electron chi connectivity index (χ1n) is 8.84. The normalized spacial score (nSPS) is 17.7. The van der Waals surface area contributed by atoms with E-state index in [1.807, 2.05) is 32.9 Å². The molecule has 0 saturated carbocycles. The minimum absolute atomic E-state index is 0.383. The molecule has 0 radical (unpaired) electrons. The third-order valence-corrected chi connectivity index (χ3v) is 4.38. The number of carbonyl (C=O) groups excluding carboxylic acids is 1. The number of amides is 1. The van der Waals surface area contributed by atoms with Crippen molar-refractivity contribution in [3.8, 4) is 0 Å². The van der Waals surface area contributed by atoms with Crippen molar-refractivity contribution >= 4 is 11.8 Å². The molecule has 1 amide bonds. The van der Waals surface area contributed by atoms with Gasteiger partial charge in [0.05, 0.1) is 13.2 Å². The lowest BCUT2D eigenvalue weighted by Gasteiger charge is -2.36. The first-order valence-corrected chi connectivity index (χ1v) is 8.84. The number of hydrogen-bond acceptors (Lipinski definition) is 5. The zero-order chi connectivity index (χ0) is 18.5. The van der Waals surface area contributed by atoms with Gasteiger partial charge in [0.25, 0.3) is 0 Å². The summed E-state index contributed by atoms with van der Waals surface area (Å²) in [6.07, 6.45) is -0.420. The van der Waals surface area contributed by atoms with Crippen molar-refractivity contribution in [2.45, 2.75) is 38.7 Å². The van der Waals surface area contributed by atoms with Crippen molar-refractivity contribution in [2.75, 3.05) is 44.3 Å². The van der Waals surface area contributed by atoms with Gasteiger partial charge in [-0.3, -0.25) is 0 Å². The van der Waals surface area contributed by atoms with Crippen molar-refractivity contribution in [2.24, 2.45) is 5.73 Å². The number of benzene rings is 1. The maximum Gasteiger partial charge on any atom is 0.407 e. The van der Waals surface area contributed by atoms with E-state index >= 15 is 0 Å². The Hall–Kier alpha value is -1.79. The van der Waals surface area contributed by atoms with Gasteiger partial charge in [0.2, 0.25) is 0 Å². The fourth-order valence-electron chi connectivity index (χ4n) is 2.92. The van der Waals surface area contributed by atoms with Crippen LogP contribution >= 0.6 is 0 Å². The molecule has 1 aliphatic rings. The van der Waals surface area contributed by atoms with Crippen molar-refractivity contribution in [3.05, 3.63) is 29.8 Å². The lowest BCUT2D eigenvalue weighted by Crippen LogP contribution is -2.46. The summed E-state index contributed by atoms with van der Waals surface area (Å²) in [4.78, 5) is 14.4. The highest BCUT2D eigenvalue weighted by atomic mass is 16.6. The Morgan fingerprint density at radius 3 is 2.48 bits per heavy atom. The molecule has 6 heteroatoms. The second kappa shape index (κ2) is 8.06. The van der Waals surface area contributed by atoms with E-state index in [-0.39, 0.29) is 5.41 Å². The second-order valence-electron chi connectivity index (χ2n) is 7.74. The van der Waals surface area contributed by atoms with Gasteiger partial charge in [-0.25, -0.2) is 4.79 Å². The van der Waals surface area contributed by atoms with Crippen molar-refractivity contribution in [3.63, 3.8) is 0 Å². The standard InChI is InChI=1S/C19H31N3O3/c1-18(2,3)25-17(23)21-14-19(4,13-20)15-7-5-6-8-16(15)22-9-11-24-12-10-22/h5-8H,9-14,20H2,1-4H3,(H,21,23). The van der Waals surface area contributed by atoms with Crippen LogP contribution < -0.4 is 16.0 Å². The van der Waals surface area contributed by atoms with Crippen molar-refractivity contribution in [1.29, 1.82) is 0 Å². The molecule has 140 valence electrons. The van der Waals surface area contributed by atoms with Gasteiger partial charge in [-0.1, -0.05) is 25.1 Å². The Labute approximate surface area is 150 Å². The molecule has 25 heavy (non-hydrogen) atoms. The highest BCUT2D eigenvalue weighted by Crippen LogP contribution is 2.32. The molecule has 0 bridgehead atoms. The number of anilines is 1. The summed E-state index contributed by atoms with van der Waals surface area (Å²) in [5, 5.41) is 2.87. The first-order chi connectivity index (χ1) is 11.7. The molecule has 1 aliphatic heterocycles. The molecule has 2 rings (SSSR count). The topological polar surface area (TPSA) is 76.8 Å². The van der Waals surface area contributed by atoms with E-state index in [0.29, 0.717) is 13.1 Å². The van der Waals surface area contributed by atoms with E-state index < -0.39 is 11.7 Å². The van der Waals surface area contributed by atoms with E-state index in [2.05, 4.69) is 29.3 Å². The van der Waals surface area contributed by atoms with Crippen LogP contribution in [0.25, 0.3) is 0 Å². The molecule has 1 aromatic carbocycles. The fourth-order valence-corrected chi connectivity index (χ4v) is 2.92. The number of nitrogens with zero attached hydrogens (tertiary/aromatic N) is 1. The van der Waals surface area contributed by atoms with E-state index in [1.165, 1.54) is 0 Å². The molecule has 1 unspecified atom stereocenters. The molecule has 0 spiro atoms. The summed E-state index contributed by atoms with van der Waals surface area (Å²) in [7, 11) is 0. The molecule has 3 N–H and O–H groups in total. The molecule has 1 saturated heterocycles. The molecular weight excluding hydrogens is 318 g/mol. The molecular formula is C19H31N3O3. The molecule has 1 atom stereocenters. The zero-order valence-corrected chi connectivity index (χ0v) is 15.8. The van der Waals surface area contributed by atoms with Crippen LogP contribution in [0, 0.1) is 0 Å². The summed E-state index contributed by atoms with van der Waals surface area (Å²) in [5.74, 6) is 0. The van der Waals surface area contributed by atoms with Gasteiger partial charge in [-0.2, -0.15) is 0 Å². The number of para-hydroxylation sites is 1. The summed E-state index contributed by atoms with van der Waals surface area (Å²) < 4.78 is 10.8. The number of ether oxygens (including phenoxy) is 2. The van der Waals surface area contributed by atoms with Crippen LogP contribution in [-0.4, -0.2) is 51.1 Å². The van der Waals surface area contributed by atoms with Gasteiger partial charge >= 0.3 is 6.09 Å². The smallest absolute Gasteiger partial charge is 0.407 e. The molecule has 6 nitrogen and oxygen atoms in total. The number of nitrogens with two attached hydrogens (primary N) is 1. The van der Waals surface area contributed by atoms with Gasteiger partial charge in [0, 0.05) is 37.3 Å². The minimum atomic E-state index is -0.519. The Morgan fingerprint density at radius 1 is 1.24 bits per heavy atom. The maximum atomic E-state index is 12.0. The van der Waals surface area contributed by atoms with Crippen LogP contribution in [0.5, 0.6) is 0 Å². The number of rotatable bonds is 5. The third-order valence-electron chi connectivity index (χ3n) is 4.38. The highest BCUT2D eigenvalue weighted by Gasteiger charge is 2.31. The highest BCUT2D eigenvalue weighted by molar-refractivity contribution is 5.68. The number of nitrogens with one attached hydrogen (secondary N) is 1. The Balaban J connectivity index is 2.16. The Morgan fingerprint density at radius 2 is 1.88 bits per heavy atom. The SMILES string of the molecule is CC(C)(C)OC(=O)NCC(C)(CN)c1ccccc1N1CCOCC1. The molecule has 1 fully saturated rings. The van der Waals surface area contributed by atoms with Crippen LogP contribution in [0.1, 0.15) is 33.3 Å². The average molecular weight is 349 g/mol. The van der Waals surface area contributed by atoms with E-state index in [0.717, 1.165) is 37.6 Å². The summed E-state index contributed by atoms with van der Waals surface area (Å²) in [5.41, 5.74) is 7.51. The number of hydrogen-bond donors (Lipinski definition) is 2. The number of morpholine rings is 1. The van der Waals surface area contributed by atoms with Crippen LogP contribution in [-0.2, 0) is 14.9 Å². The minimum Gasteiger partial charge on any atom is -0.444 e. The van der Waals surface area contributed by atoms with Gasteiger partial charge < -0.3 is 25.4 Å². The predicted octanol–water partition coefficient (Wildman–Crippen LogP) is 2.26. The zero-order valence-electron chi connectivity index (χ0n) is 15.8. The largest absolute Gasteiger partial charge is 0.444 e. The van der Waals surface area contributed by atoms with E-state index in [9.17, 15) is 4.79 Å². The first kappa shape index (κ1) is 19.5. The fraction of sp³-hybridized carbons (Fsp3) is 0.632. The Kier molecular flexibility index (Phi) is 6.30. The van der Waals surface area contributed by atoms with Gasteiger partial charge in [-0.15, -0.1) is 0 Å². The van der Waals surface area contributed by atoms with Crippen molar-refractivity contribution < 1.29 is 14.3 Å². The number of carbonyl (C=O) groups is 1. The quantitative estimate of drug-likeness (QED) is 0.853. The predicted molar refractivity (Wildman–Crippen MR) is 100 cm³/mol. The van der Waals surface area contributed by atoms with E-state index in [1.54, 1.807) is 0 Å². The summed E-state index contributed by atoms with van der Waals surface area (Å²) in [6.45, 7) is 11.6. The maximum absolute atomic E-state index is 12.0. The van der Waals surface area contributed by atoms with Crippen LogP contribution in [0.4, 0.5) is 10.5 Å². The summed E-state index contributed by atoms with van der Waals surface area (Å²) in [6, 6.07) is 8.25. The molecule has 1 heterocycles. The lowest BCUT2D eigenvalue weighted by molar-refractivity contribution is 0.0516. The molecule has 1 aromatic rings. The summed E-state index contributed by atoms with van der Waals surface area (Å²) >= 11 is 0. The van der Waals surface area contributed by atoms with Gasteiger partial charge in [0.1, 0.15) is 5.60 Å². The van der Waals surface area contributed by atoms with Crippen LogP contribution in [0.2, 0.25) is 0 Å². The van der Waals surface area contributed by atoms with Crippen LogP contribution in [0.15, 0.2) is 24.3 Å². The monoisotopic (exact) mass is 349 g/mol. The van der Waals surface area contributed by atoms with Gasteiger partial charge in [0.15, 0.2) is 0 Å². The lowest BCUT2D eigenvalue weighted by atomic mass is 9.81. The Bertz CT molecular complexity index is 580. The second-order valence-corrected chi connectivity index (χ2v) is 7.74. The van der Waals surface area contributed by atoms with Crippen molar-refractivity contribution in [1.82, 2.24) is 5.32 Å². The van der Waals surface area contributed by atoms with E-state index in [4.69, 9.17) is 15.2 Å². The van der Waals surface area contributed by atoms with Crippen LogP contribution in [0.3, 0.4) is 0 Å².